The molecular weight excluding hydrogens is 278 g/mol. The molecule has 0 atom stereocenters. The fourth-order valence-electron chi connectivity index (χ4n) is 2.09. The highest BCUT2D eigenvalue weighted by atomic mass is 16.5. The van der Waals surface area contributed by atoms with E-state index >= 15 is 0 Å². The van der Waals surface area contributed by atoms with Crippen LogP contribution in [0.3, 0.4) is 0 Å². The van der Waals surface area contributed by atoms with Crippen LogP contribution in [-0.2, 0) is 0 Å². The van der Waals surface area contributed by atoms with E-state index in [-0.39, 0.29) is 11.9 Å². The predicted molar refractivity (Wildman–Crippen MR) is 88.7 cm³/mol. The number of anilines is 2. The lowest BCUT2D eigenvalue weighted by Crippen LogP contribution is -2.15. The van der Waals surface area contributed by atoms with Gasteiger partial charge in [-0.1, -0.05) is 6.07 Å². The second kappa shape index (κ2) is 6.93. The van der Waals surface area contributed by atoms with E-state index in [9.17, 15) is 4.79 Å². The van der Waals surface area contributed by atoms with Gasteiger partial charge in [-0.3, -0.25) is 9.78 Å². The molecule has 2 rings (SSSR count). The fraction of sp³-hybridized carbons (Fsp3) is 0.294. The van der Waals surface area contributed by atoms with E-state index < -0.39 is 0 Å². The third kappa shape index (κ3) is 3.97. The summed E-state index contributed by atoms with van der Waals surface area (Å²) in [6, 6.07) is 7.70. The molecule has 1 amide bonds. The first-order chi connectivity index (χ1) is 10.5. The van der Waals surface area contributed by atoms with Gasteiger partial charge in [-0.05, 0) is 44.5 Å². The Kier molecular flexibility index (Phi) is 4.99. The number of amides is 1. The van der Waals surface area contributed by atoms with Crippen LogP contribution in [0.5, 0.6) is 5.75 Å². The van der Waals surface area contributed by atoms with E-state index in [1.54, 1.807) is 25.6 Å². The number of aryl methyl sites for hydroxylation is 1. The number of benzene rings is 1. The van der Waals surface area contributed by atoms with Crippen molar-refractivity contribution in [1.29, 1.82) is 0 Å². The van der Waals surface area contributed by atoms with Crippen molar-refractivity contribution in [2.45, 2.75) is 26.8 Å². The maximum atomic E-state index is 12.4. The number of hydrogen-bond donors (Lipinski definition) is 2. The molecule has 0 aliphatic rings. The lowest BCUT2D eigenvalue weighted by molar-refractivity contribution is 0.102. The molecule has 0 aliphatic heterocycles. The van der Waals surface area contributed by atoms with Gasteiger partial charge in [-0.15, -0.1) is 0 Å². The lowest BCUT2D eigenvalue weighted by atomic mass is 10.2. The average Bonchev–Trinajstić information content (AvgIpc) is 2.47. The second-order valence-corrected chi connectivity index (χ2v) is 5.42. The standard InChI is InChI=1S/C17H21N3O2/c1-11(2)19-14-8-13(9-18-10-14)17(21)20-15-7-12(3)5-6-16(15)22-4/h5-11,19H,1-4H3,(H,20,21). The number of aromatic nitrogens is 1. The highest BCUT2D eigenvalue weighted by molar-refractivity contribution is 6.05. The van der Waals surface area contributed by atoms with Crippen molar-refractivity contribution in [3.05, 3.63) is 47.8 Å². The van der Waals surface area contributed by atoms with Gasteiger partial charge in [0.25, 0.3) is 5.91 Å². The van der Waals surface area contributed by atoms with Crippen LogP contribution in [0.1, 0.15) is 29.8 Å². The summed E-state index contributed by atoms with van der Waals surface area (Å²) in [6.45, 7) is 6.03. The zero-order valence-corrected chi connectivity index (χ0v) is 13.3. The Bertz CT molecular complexity index is 669. The number of hydrogen-bond acceptors (Lipinski definition) is 4. The zero-order valence-electron chi connectivity index (χ0n) is 13.3. The first kappa shape index (κ1) is 15.8. The van der Waals surface area contributed by atoms with Crippen molar-refractivity contribution >= 4 is 17.3 Å². The van der Waals surface area contributed by atoms with Crippen LogP contribution in [0, 0.1) is 6.92 Å². The highest BCUT2D eigenvalue weighted by Gasteiger charge is 2.11. The van der Waals surface area contributed by atoms with Gasteiger partial charge < -0.3 is 15.4 Å². The number of ether oxygens (including phenoxy) is 1. The van der Waals surface area contributed by atoms with Gasteiger partial charge in [0.05, 0.1) is 24.0 Å². The molecule has 0 saturated heterocycles. The smallest absolute Gasteiger partial charge is 0.257 e. The molecular formula is C17H21N3O2. The van der Waals surface area contributed by atoms with Gasteiger partial charge in [0.2, 0.25) is 0 Å². The molecule has 0 aliphatic carbocycles. The summed E-state index contributed by atoms with van der Waals surface area (Å²) < 4.78 is 5.27. The number of carbonyl (C=O) groups is 1. The highest BCUT2D eigenvalue weighted by Crippen LogP contribution is 2.25. The Balaban J connectivity index is 2.20. The number of carbonyl (C=O) groups excluding carboxylic acids is 1. The van der Waals surface area contributed by atoms with Crippen molar-refractivity contribution in [3.63, 3.8) is 0 Å². The summed E-state index contributed by atoms with van der Waals surface area (Å²) in [7, 11) is 1.58. The van der Waals surface area contributed by atoms with Crippen molar-refractivity contribution in [2.75, 3.05) is 17.7 Å². The van der Waals surface area contributed by atoms with E-state index in [1.165, 1.54) is 0 Å². The minimum absolute atomic E-state index is 0.219. The molecule has 116 valence electrons. The molecule has 0 spiro atoms. The number of methoxy groups -OCH3 is 1. The summed E-state index contributed by atoms with van der Waals surface area (Å²) in [6.07, 6.45) is 3.24. The van der Waals surface area contributed by atoms with Crippen LogP contribution in [0.2, 0.25) is 0 Å². The Labute approximate surface area is 130 Å². The van der Waals surface area contributed by atoms with Crippen LogP contribution in [-0.4, -0.2) is 24.0 Å². The van der Waals surface area contributed by atoms with Crippen molar-refractivity contribution < 1.29 is 9.53 Å². The van der Waals surface area contributed by atoms with Gasteiger partial charge in [-0.25, -0.2) is 0 Å². The first-order valence-electron chi connectivity index (χ1n) is 7.17. The Morgan fingerprint density at radius 2 is 2.00 bits per heavy atom. The van der Waals surface area contributed by atoms with Crippen LogP contribution in [0.4, 0.5) is 11.4 Å². The van der Waals surface area contributed by atoms with Gasteiger partial charge in [0.1, 0.15) is 5.75 Å². The molecule has 0 unspecified atom stereocenters. The molecule has 0 saturated carbocycles. The topological polar surface area (TPSA) is 63.2 Å². The molecule has 1 aromatic heterocycles. The molecule has 2 N–H and O–H groups in total. The monoisotopic (exact) mass is 299 g/mol. The third-order valence-corrected chi connectivity index (χ3v) is 3.06. The largest absolute Gasteiger partial charge is 0.495 e. The summed E-state index contributed by atoms with van der Waals surface area (Å²) in [4.78, 5) is 16.5. The van der Waals surface area contributed by atoms with Gasteiger partial charge in [0, 0.05) is 18.4 Å². The Morgan fingerprint density at radius 3 is 2.68 bits per heavy atom. The fourth-order valence-corrected chi connectivity index (χ4v) is 2.09. The number of pyridine rings is 1. The Morgan fingerprint density at radius 1 is 1.23 bits per heavy atom. The quantitative estimate of drug-likeness (QED) is 0.887. The first-order valence-corrected chi connectivity index (χ1v) is 7.17. The van der Waals surface area contributed by atoms with Crippen LogP contribution >= 0.6 is 0 Å². The minimum Gasteiger partial charge on any atom is -0.495 e. The summed E-state index contributed by atoms with van der Waals surface area (Å²) >= 11 is 0. The summed E-state index contributed by atoms with van der Waals surface area (Å²) in [5, 5.41) is 6.10. The minimum atomic E-state index is -0.219. The van der Waals surface area contributed by atoms with Crippen molar-refractivity contribution in [2.24, 2.45) is 0 Å². The van der Waals surface area contributed by atoms with E-state index in [4.69, 9.17) is 4.74 Å². The van der Waals surface area contributed by atoms with E-state index in [2.05, 4.69) is 15.6 Å². The maximum absolute atomic E-state index is 12.4. The molecule has 2 aromatic rings. The van der Waals surface area contributed by atoms with Crippen LogP contribution in [0.15, 0.2) is 36.7 Å². The van der Waals surface area contributed by atoms with E-state index in [1.807, 2.05) is 39.0 Å². The summed E-state index contributed by atoms with van der Waals surface area (Å²) in [5.41, 5.74) is 3.01. The van der Waals surface area contributed by atoms with Gasteiger partial charge in [-0.2, -0.15) is 0 Å². The van der Waals surface area contributed by atoms with Crippen molar-refractivity contribution in [1.82, 2.24) is 4.98 Å². The Hall–Kier alpha value is -2.56. The van der Waals surface area contributed by atoms with Crippen LogP contribution < -0.4 is 15.4 Å². The van der Waals surface area contributed by atoms with Crippen molar-refractivity contribution in [3.8, 4) is 5.75 Å². The average molecular weight is 299 g/mol. The second-order valence-electron chi connectivity index (χ2n) is 5.42. The number of nitrogens with one attached hydrogen (secondary N) is 2. The van der Waals surface area contributed by atoms with Gasteiger partial charge >= 0.3 is 0 Å². The molecule has 1 aromatic carbocycles. The normalized spacial score (nSPS) is 10.4. The molecule has 0 radical (unpaired) electrons. The molecule has 0 bridgehead atoms. The molecule has 22 heavy (non-hydrogen) atoms. The van der Waals surface area contributed by atoms with Crippen LogP contribution in [0.25, 0.3) is 0 Å². The SMILES string of the molecule is COc1ccc(C)cc1NC(=O)c1cncc(NC(C)C)c1. The van der Waals surface area contributed by atoms with Gasteiger partial charge in [0.15, 0.2) is 0 Å². The lowest BCUT2D eigenvalue weighted by Gasteiger charge is -2.12. The third-order valence-electron chi connectivity index (χ3n) is 3.06. The molecule has 5 nitrogen and oxygen atoms in total. The number of nitrogens with zero attached hydrogens (tertiary/aromatic N) is 1. The summed E-state index contributed by atoms with van der Waals surface area (Å²) in [5.74, 6) is 0.409. The molecule has 0 fully saturated rings. The molecule has 1 heterocycles. The zero-order chi connectivity index (χ0) is 16.1. The predicted octanol–water partition coefficient (Wildman–Crippen LogP) is 3.47. The van der Waals surface area contributed by atoms with E-state index in [0.29, 0.717) is 17.0 Å². The molecule has 5 heteroatoms. The maximum Gasteiger partial charge on any atom is 0.257 e. The number of rotatable bonds is 5. The van der Waals surface area contributed by atoms with E-state index in [0.717, 1.165) is 11.3 Å².